The summed E-state index contributed by atoms with van der Waals surface area (Å²) in [6.07, 6.45) is 2.12. The van der Waals surface area contributed by atoms with Gasteiger partial charge in [0, 0.05) is 5.56 Å². The Hall–Kier alpha value is -1.53. The van der Waals surface area contributed by atoms with Gasteiger partial charge in [-0.3, -0.25) is 5.32 Å². The molecule has 0 amide bonds. The van der Waals surface area contributed by atoms with Gasteiger partial charge in [-0.05, 0) is 32.0 Å². The lowest BCUT2D eigenvalue weighted by molar-refractivity contribution is 0.458. The highest BCUT2D eigenvalue weighted by Gasteiger charge is 2.13. The van der Waals surface area contributed by atoms with E-state index in [4.69, 9.17) is 5.26 Å². The zero-order chi connectivity index (χ0) is 12.0. The van der Waals surface area contributed by atoms with Gasteiger partial charge >= 0.3 is 0 Å². The van der Waals surface area contributed by atoms with E-state index in [9.17, 15) is 5.11 Å². The van der Waals surface area contributed by atoms with Crippen molar-refractivity contribution in [1.29, 1.82) is 5.26 Å². The standard InChI is InChI=1S/C13H18N2O/c1-3-4-7-15-12(9-14)11-8-10(2)5-6-13(11)16/h5-6,8,12,15-16H,3-4,7H2,1-2H3. The summed E-state index contributed by atoms with van der Waals surface area (Å²) < 4.78 is 0. The maximum Gasteiger partial charge on any atom is 0.124 e. The molecule has 0 radical (unpaired) electrons. The summed E-state index contributed by atoms with van der Waals surface area (Å²) in [6.45, 7) is 4.85. The molecular formula is C13H18N2O. The van der Waals surface area contributed by atoms with E-state index >= 15 is 0 Å². The number of nitriles is 1. The first-order valence-corrected chi connectivity index (χ1v) is 5.61. The first kappa shape index (κ1) is 12.5. The molecule has 0 spiro atoms. The minimum absolute atomic E-state index is 0.182. The Kier molecular flexibility index (Phi) is 4.81. The van der Waals surface area contributed by atoms with Gasteiger partial charge in [-0.1, -0.05) is 25.0 Å². The number of nitrogens with one attached hydrogen (secondary N) is 1. The summed E-state index contributed by atoms with van der Waals surface area (Å²) >= 11 is 0. The average molecular weight is 218 g/mol. The quantitative estimate of drug-likeness (QED) is 0.747. The fourth-order valence-corrected chi connectivity index (χ4v) is 1.55. The zero-order valence-corrected chi connectivity index (χ0v) is 9.83. The van der Waals surface area contributed by atoms with Crippen molar-refractivity contribution in [3.05, 3.63) is 29.3 Å². The minimum Gasteiger partial charge on any atom is -0.508 e. The van der Waals surface area contributed by atoms with Gasteiger partial charge < -0.3 is 5.11 Å². The monoisotopic (exact) mass is 218 g/mol. The molecule has 0 saturated heterocycles. The van der Waals surface area contributed by atoms with E-state index in [0.29, 0.717) is 5.56 Å². The fourth-order valence-electron chi connectivity index (χ4n) is 1.55. The molecule has 0 saturated carbocycles. The Morgan fingerprint density at radius 1 is 1.50 bits per heavy atom. The van der Waals surface area contributed by atoms with Gasteiger partial charge in [0.05, 0.1) is 6.07 Å². The summed E-state index contributed by atoms with van der Waals surface area (Å²) in [5.74, 6) is 0.182. The van der Waals surface area contributed by atoms with Crippen LogP contribution in [0.15, 0.2) is 18.2 Å². The number of aryl methyl sites for hydroxylation is 1. The number of rotatable bonds is 5. The smallest absolute Gasteiger partial charge is 0.124 e. The van der Waals surface area contributed by atoms with Crippen LogP contribution in [0.3, 0.4) is 0 Å². The van der Waals surface area contributed by atoms with Gasteiger partial charge in [0.15, 0.2) is 0 Å². The molecule has 1 aromatic carbocycles. The van der Waals surface area contributed by atoms with Crippen molar-refractivity contribution in [2.45, 2.75) is 32.7 Å². The average Bonchev–Trinajstić information content (AvgIpc) is 2.28. The van der Waals surface area contributed by atoms with Gasteiger partial charge in [-0.15, -0.1) is 0 Å². The number of nitrogens with zero attached hydrogens (tertiary/aromatic N) is 1. The number of hydrogen-bond acceptors (Lipinski definition) is 3. The van der Waals surface area contributed by atoms with Gasteiger partial charge in [0.1, 0.15) is 11.8 Å². The van der Waals surface area contributed by atoms with Crippen molar-refractivity contribution >= 4 is 0 Å². The molecule has 86 valence electrons. The minimum atomic E-state index is -0.425. The third-order valence-electron chi connectivity index (χ3n) is 2.50. The van der Waals surface area contributed by atoms with E-state index in [1.807, 2.05) is 19.1 Å². The largest absolute Gasteiger partial charge is 0.508 e. The molecule has 0 fully saturated rings. The Morgan fingerprint density at radius 3 is 2.88 bits per heavy atom. The number of unbranched alkanes of at least 4 members (excludes halogenated alkanes) is 1. The number of hydrogen-bond donors (Lipinski definition) is 2. The molecule has 16 heavy (non-hydrogen) atoms. The van der Waals surface area contributed by atoms with Crippen LogP contribution >= 0.6 is 0 Å². The summed E-state index contributed by atoms with van der Waals surface area (Å²) in [5.41, 5.74) is 1.71. The lowest BCUT2D eigenvalue weighted by atomic mass is 10.0. The number of phenolic OH excluding ortho intramolecular Hbond substituents is 1. The molecule has 1 atom stereocenters. The molecule has 0 aliphatic carbocycles. The molecule has 0 aliphatic heterocycles. The van der Waals surface area contributed by atoms with E-state index in [0.717, 1.165) is 24.9 Å². The summed E-state index contributed by atoms with van der Waals surface area (Å²) in [6, 6.07) is 7.07. The number of phenols is 1. The molecule has 0 heterocycles. The first-order valence-electron chi connectivity index (χ1n) is 5.61. The lowest BCUT2D eigenvalue weighted by Gasteiger charge is -2.13. The van der Waals surface area contributed by atoms with Crippen LogP contribution in [0.4, 0.5) is 0 Å². The van der Waals surface area contributed by atoms with Crippen molar-refractivity contribution in [1.82, 2.24) is 5.32 Å². The first-order chi connectivity index (χ1) is 7.69. The van der Waals surface area contributed by atoms with Crippen molar-refractivity contribution < 1.29 is 5.11 Å². The Labute approximate surface area is 96.7 Å². The molecule has 0 aliphatic rings. The SMILES string of the molecule is CCCCNC(C#N)c1cc(C)ccc1O. The number of benzene rings is 1. The molecule has 1 rings (SSSR count). The topological polar surface area (TPSA) is 56.0 Å². The maximum absolute atomic E-state index is 9.70. The summed E-state index contributed by atoms with van der Waals surface area (Å²) in [4.78, 5) is 0. The predicted octanol–water partition coefficient (Wildman–Crippen LogP) is 2.66. The third-order valence-corrected chi connectivity index (χ3v) is 2.50. The van der Waals surface area contributed by atoms with E-state index in [1.165, 1.54) is 0 Å². The van der Waals surface area contributed by atoms with Gasteiger partial charge in [0.2, 0.25) is 0 Å². The van der Waals surface area contributed by atoms with Crippen LogP contribution in [0.5, 0.6) is 5.75 Å². The fraction of sp³-hybridized carbons (Fsp3) is 0.462. The predicted molar refractivity (Wildman–Crippen MR) is 64.1 cm³/mol. The van der Waals surface area contributed by atoms with Gasteiger partial charge in [-0.25, -0.2) is 0 Å². The molecule has 1 aromatic rings. The van der Waals surface area contributed by atoms with Crippen LogP contribution < -0.4 is 5.32 Å². The molecule has 3 heteroatoms. The highest BCUT2D eigenvalue weighted by Crippen LogP contribution is 2.24. The second-order valence-electron chi connectivity index (χ2n) is 3.93. The van der Waals surface area contributed by atoms with Crippen molar-refractivity contribution in [2.24, 2.45) is 0 Å². The number of aromatic hydroxyl groups is 1. The van der Waals surface area contributed by atoms with Crippen LogP contribution in [0.1, 0.15) is 36.9 Å². The van der Waals surface area contributed by atoms with Crippen LogP contribution in [-0.2, 0) is 0 Å². The van der Waals surface area contributed by atoms with E-state index in [-0.39, 0.29) is 5.75 Å². The van der Waals surface area contributed by atoms with Gasteiger partial charge in [-0.2, -0.15) is 5.26 Å². The van der Waals surface area contributed by atoms with Crippen LogP contribution in [0.2, 0.25) is 0 Å². The van der Waals surface area contributed by atoms with Crippen LogP contribution in [0.25, 0.3) is 0 Å². The third kappa shape index (κ3) is 3.25. The molecule has 0 bridgehead atoms. The Balaban J connectivity index is 2.79. The van der Waals surface area contributed by atoms with Crippen molar-refractivity contribution in [2.75, 3.05) is 6.54 Å². The van der Waals surface area contributed by atoms with E-state index < -0.39 is 6.04 Å². The highest BCUT2D eigenvalue weighted by atomic mass is 16.3. The normalized spacial score (nSPS) is 12.1. The maximum atomic E-state index is 9.70. The Bertz CT molecular complexity index is 382. The van der Waals surface area contributed by atoms with Gasteiger partial charge in [0.25, 0.3) is 0 Å². The van der Waals surface area contributed by atoms with Crippen LogP contribution in [0, 0.1) is 18.3 Å². The molecule has 2 N–H and O–H groups in total. The molecule has 1 unspecified atom stereocenters. The second kappa shape index (κ2) is 6.14. The van der Waals surface area contributed by atoms with Crippen molar-refractivity contribution in [3.8, 4) is 11.8 Å². The zero-order valence-electron chi connectivity index (χ0n) is 9.83. The Morgan fingerprint density at radius 2 is 2.25 bits per heavy atom. The summed E-state index contributed by atoms with van der Waals surface area (Å²) in [7, 11) is 0. The molecular weight excluding hydrogens is 200 g/mol. The van der Waals surface area contributed by atoms with Crippen molar-refractivity contribution in [3.63, 3.8) is 0 Å². The van der Waals surface area contributed by atoms with E-state index in [2.05, 4.69) is 18.3 Å². The molecule has 0 aromatic heterocycles. The van der Waals surface area contributed by atoms with E-state index in [1.54, 1.807) is 6.07 Å². The lowest BCUT2D eigenvalue weighted by Crippen LogP contribution is -2.21. The second-order valence-corrected chi connectivity index (χ2v) is 3.93. The summed E-state index contributed by atoms with van der Waals surface area (Å²) in [5, 5.41) is 21.9. The molecule has 3 nitrogen and oxygen atoms in total. The highest BCUT2D eigenvalue weighted by molar-refractivity contribution is 5.40. The van der Waals surface area contributed by atoms with Crippen LogP contribution in [-0.4, -0.2) is 11.7 Å².